The summed E-state index contributed by atoms with van der Waals surface area (Å²) in [7, 11) is 0. The molecule has 0 spiro atoms. The first-order valence-electron chi connectivity index (χ1n) is 3.96. The third-order valence-corrected chi connectivity index (χ3v) is 1.65. The van der Waals surface area contributed by atoms with Gasteiger partial charge in [-0.25, -0.2) is 4.79 Å². The Morgan fingerprint density at radius 2 is 1.93 bits per heavy atom. The molecule has 4 heteroatoms. The Bertz CT molecular complexity index is 388. The summed E-state index contributed by atoms with van der Waals surface area (Å²) in [6.07, 6.45) is 3.05. The van der Waals surface area contributed by atoms with Crippen molar-refractivity contribution in [1.82, 2.24) is 0 Å². The normalized spacial score (nSPS) is 14.8. The number of nitrogens with zero attached hydrogens (tertiary/aromatic N) is 1. The summed E-state index contributed by atoms with van der Waals surface area (Å²) in [5.41, 5.74) is 0.105. The Morgan fingerprint density at radius 3 is 2.29 bits per heavy atom. The summed E-state index contributed by atoms with van der Waals surface area (Å²) in [5.74, 6) is -0.0690. The van der Waals surface area contributed by atoms with Crippen LogP contribution < -0.4 is 0 Å². The molecule has 4 nitrogen and oxygen atoms in total. The van der Waals surface area contributed by atoms with Gasteiger partial charge in [-0.1, -0.05) is 0 Å². The summed E-state index contributed by atoms with van der Waals surface area (Å²) in [4.78, 5) is 10.7. The van der Waals surface area contributed by atoms with Crippen molar-refractivity contribution in [2.45, 2.75) is 13.8 Å². The number of carbonyl (C=O) groups is 1. The zero-order valence-electron chi connectivity index (χ0n) is 7.87. The Balaban J connectivity index is 3.26. The second-order valence-corrected chi connectivity index (χ2v) is 2.86. The SMILES string of the molecule is CC1=CC(=C(C#N)C(=O)O)C=C(C)O1. The van der Waals surface area contributed by atoms with Crippen LogP contribution in [-0.2, 0) is 9.53 Å². The van der Waals surface area contributed by atoms with Crippen LogP contribution in [0.4, 0.5) is 0 Å². The third kappa shape index (κ3) is 2.02. The minimum absolute atomic E-state index is 0.271. The van der Waals surface area contributed by atoms with Crippen molar-refractivity contribution in [3.8, 4) is 6.07 Å². The number of carboxylic acid groups (broad SMARTS) is 1. The highest BCUT2D eigenvalue weighted by molar-refractivity contribution is 5.93. The van der Waals surface area contributed by atoms with E-state index < -0.39 is 5.97 Å². The lowest BCUT2D eigenvalue weighted by Gasteiger charge is -2.12. The summed E-state index contributed by atoms with van der Waals surface area (Å²) in [6, 6.07) is 1.65. The lowest BCUT2D eigenvalue weighted by Crippen LogP contribution is -2.04. The molecule has 0 unspecified atom stereocenters. The van der Waals surface area contributed by atoms with Gasteiger partial charge in [0, 0.05) is 5.57 Å². The minimum atomic E-state index is -1.22. The van der Waals surface area contributed by atoms with Crippen LogP contribution in [0.1, 0.15) is 13.8 Å². The molecule has 0 radical (unpaired) electrons. The Morgan fingerprint density at radius 1 is 1.43 bits per heavy atom. The maximum atomic E-state index is 10.7. The first kappa shape index (κ1) is 10.1. The number of allylic oxidation sites excluding steroid dienone is 5. The largest absolute Gasteiger partial charge is 0.477 e. The molecule has 0 bridgehead atoms. The van der Waals surface area contributed by atoms with Crippen molar-refractivity contribution in [3.05, 3.63) is 34.8 Å². The van der Waals surface area contributed by atoms with Gasteiger partial charge in [0.15, 0.2) is 0 Å². The number of rotatable bonds is 1. The van der Waals surface area contributed by atoms with E-state index in [0.29, 0.717) is 17.1 Å². The van der Waals surface area contributed by atoms with E-state index in [1.807, 2.05) is 0 Å². The van der Waals surface area contributed by atoms with E-state index in [1.165, 1.54) is 12.2 Å². The highest BCUT2D eigenvalue weighted by Crippen LogP contribution is 2.20. The molecule has 0 aromatic carbocycles. The molecule has 0 aromatic heterocycles. The van der Waals surface area contributed by atoms with E-state index >= 15 is 0 Å². The van der Waals surface area contributed by atoms with Crippen LogP contribution in [0.3, 0.4) is 0 Å². The molecule has 1 aliphatic rings. The Labute approximate surface area is 81.4 Å². The Hall–Kier alpha value is -2.02. The predicted octanol–water partition coefficient (Wildman–Crippen LogP) is 1.73. The molecule has 0 saturated carbocycles. The second kappa shape index (κ2) is 3.79. The quantitative estimate of drug-likeness (QED) is 0.506. The molecule has 1 heterocycles. The summed E-state index contributed by atoms with van der Waals surface area (Å²) in [5, 5.41) is 17.4. The van der Waals surface area contributed by atoms with Gasteiger partial charge in [0.2, 0.25) is 0 Å². The molecule has 0 saturated heterocycles. The van der Waals surface area contributed by atoms with Crippen LogP contribution in [0.25, 0.3) is 0 Å². The lowest BCUT2D eigenvalue weighted by molar-refractivity contribution is -0.132. The molecule has 0 aromatic rings. The molecule has 72 valence electrons. The standard InChI is InChI=1S/C10H9NO3/c1-6-3-8(4-7(2)14-6)9(5-11)10(12)13/h3-4H,1-2H3,(H,12,13). The molecule has 0 atom stereocenters. The number of ether oxygens (including phenoxy) is 1. The first-order chi connectivity index (χ1) is 6.54. The van der Waals surface area contributed by atoms with Crippen LogP contribution in [0.5, 0.6) is 0 Å². The Kier molecular flexibility index (Phi) is 2.73. The van der Waals surface area contributed by atoms with Crippen LogP contribution in [0.2, 0.25) is 0 Å². The number of aliphatic carboxylic acids is 1. The predicted molar refractivity (Wildman–Crippen MR) is 48.9 cm³/mol. The number of hydrogen-bond acceptors (Lipinski definition) is 3. The summed E-state index contributed by atoms with van der Waals surface area (Å²) >= 11 is 0. The fourth-order valence-corrected chi connectivity index (χ4v) is 1.17. The smallest absolute Gasteiger partial charge is 0.347 e. The van der Waals surface area contributed by atoms with E-state index in [0.717, 1.165) is 0 Å². The second-order valence-electron chi connectivity index (χ2n) is 2.86. The zero-order chi connectivity index (χ0) is 10.7. The molecule has 0 amide bonds. The van der Waals surface area contributed by atoms with Crippen molar-refractivity contribution in [3.63, 3.8) is 0 Å². The van der Waals surface area contributed by atoms with Crippen LogP contribution >= 0.6 is 0 Å². The number of nitriles is 1. The van der Waals surface area contributed by atoms with Gasteiger partial charge in [-0.05, 0) is 26.0 Å². The van der Waals surface area contributed by atoms with Gasteiger partial charge in [-0.2, -0.15) is 5.26 Å². The van der Waals surface area contributed by atoms with Gasteiger partial charge in [0.05, 0.1) is 0 Å². The first-order valence-corrected chi connectivity index (χ1v) is 3.96. The molecule has 1 rings (SSSR count). The van der Waals surface area contributed by atoms with Crippen LogP contribution in [0, 0.1) is 11.3 Å². The highest BCUT2D eigenvalue weighted by atomic mass is 16.5. The van der Waals surface area contributed by atoms with Gasteiger partial charge in [-0.15, -0.1) is 0 Å². The number of carboxylic acids is 1. The van der Waals surface area contributed by atoms with Crippen molar-refractivity contribution in [2.75, 3.05) is 0 Å². The van der Waals surface area contributed by atoms with Crippen LogP contribution in [-0.4, -0.2) is 11.1 Å². The monoisotopic (exact) mass is 191 g/mol. The topological polar surface area (TPSA) is 70.3 Å². The van der Waals surface area contributed by atoms with Gasteiger partial charge in [0.1, 0.15) is 23.2 Å². The maximum absolute atomic E-state index is 10.7. The van der Waals surface area contributed by atoms with Gasteiger partial charge in [0.25, 0.3) is 0 Å². The molecule has 1 aliphatic heterocycles. The van der Waals surface area contributed by atoms with Gasteiger partial charge < -0.3 is 9.84 Å². The fraction of sp³-hybridized carbons (Fsp3) is 0.200. The molecular weight excluding hydrogens is 182 g/mol. The summed E-state index contributed by atoms with van der Waals surface area (Å²) < 4.78 is 5.18. The van der Waals surface area contributed by atoms with Gasteiger partial charge >= 0.3 is 5.97 Å². The fourth-order valence-electron chi connectivity index (χ4n) is 1.17. The van der Waals surface area contributed by atoms with E-state index in [9.17, 15) is 4.79 Å². The summed E-state index contributed by atoms with van der Waals surface area (Å²) in [6.45, 7) is 3.40. The molecule has 0 aliphatic carbocycles. The van der Waals surface area contributed by atoms with Crippen LogP contribution in [0.15, 0.2) is 34.8 Å². The van der Waals surface area contributed by atoms with E-state index in [2.05, 4.69) is 0 Å². The van der Waals surface area contributed by atoms with E-state index in [-0.39, 0.29) is 5.57 Å². The average molecular weight is 191 g/mol. The number of hydrogen-bond donors (Lipinski definition) is 1. The highest BCUT2D eigenvalue weighted by Gasteiger charge is 2.14. The molecule has 0 fully saturated rings. The lowest BCUT2D eigenvalue weighted by atomic mass is 10.1. The third-order valence-electron chi connectivity index (χ3n) is 1.65. The van der Waals surface area contributed by atoms with Crippen molar-refractivity contribution in [2.24, 2.45) is 0 Å². The van der Waals surface area contributed by atoms with Crippen molar-refractivity contribution >= 4 is 5.97 Å². The zero-order valence-corrected chi connectivity index (χ0v) is 7.87. The molecular formula is C10H9NO3. The molecule has 14 heavy (non-hydrogen) atoms. The maximum Gasteiger partial charge on any atom is 0.347 e. The minimum Gasteiger partial charge on any atom is -0.477 e. The average Bonchev–Trinajstić information content (AvgIpc) is 2.02. The van der Waals surface area contributed by atoms with E-state index in [4.69, 9.17) is 15.1 Å². The van der Waals surface area contributed by atoms with Gasteiger partial charge in [-0.3, -0.25) is 0 Å². The van der Waals surface area contributed by atoms with E-state index in [1.54, 1.807) is 19.9 Å². The molecule has 1 N–H and O–H groups in total. The van der Waals surface area contributed by atoms with Crippen molar-refractivity contribution < 1.29 is 14.6 Å². The van der Waals surface area contributed by atoms with Crippen molar-refractivity contribution in [1.29, 1.82) is 5.26 Å².